The van der Waals surface area contributed by atoms with E-state index in [0.29, 0.717) is 6.61 Å². The zero-order valence-electron chi connectivity index (χ0n) is 8.99. The number of nitrogens with one attached hydrogen (secondary N) is 1. The Morgan fingerprint density at radius 1 is 1.60 bits per heavy atom. The Balaban J connectivity index is 2.68. The van der Waals surface area contributed by atoms with E-state index < -0.39 is 0 Å². The van der Waals surface area contributed by atoms with Gasteiger partial charge in [0.05, 0.1) is 6.61 Å². The summed E-state index contributed by atoms with van der Waals surface area (Å²) in [4.78, 5) is 10.8. The van der Waals surface area contributed by atoms with Crippen molar-refractivity contribution in [2.45, 2.75) is 19.9 Å². The van der Waals surface area contributed by atoms with Gasteiger partial charge >= 0.3 is 0 Å². The molecule has 0 fully saturated rings. The molecule has 4 heteroatoms. The summed E-state index contributed by atoms with van der Waals surface area (Å²) in [6.45, 7) is 4.26. The predicted octanol–water partition coefficient (Wildman–Crippen LogP) is 1.37. The van der Waals surface area contributed by atoms with E-state index in [2.05, 4.69) is 5.32 Å². The van der Waals surface area contributed by atoms with Crippen LogP contribution in [0.5, 0.6) is 5.75 Å². The van der Waals surface area contributed by atoms with Crippen LogP contribution in [0.3, 0.4) is 0 Å². The summed E-state index contributed by atoms with van der Waals surface area (Å²) in [5.74, 6) is 0.399. The Bertz CT molecular complexity index is 339. The summed E-state index contributed by atoms with van der Waals surface area (Å²) in [6, 6.07) is 7.04. The van der Waals surface area contributed by atoms with Crippen LogP contribution in [-0.4, -0.2) is 18.6 Å². The van der Waals surface area contributed by atoms with Gasteiger partial charge in [0.2, 0.25) is 5.91 Å². The van der Waals surface area contributed by atoms with E-state index in [4.69, 9.17) is 10.5 Å². The first-order valence-electron chi connectivity index (χ1n) is 4.92. The lowest BCUT2D eigenvalue weighted by Gasteiger charge is -2.12. The van der Waals surface area contributed by atoms with Crippen LogP contribution >= 0.6 is 0 Å². The quantitative estimate of drug-likeness (QED) is 0.768. The fourth-order valence-corrected chi connectivity index (χ4v) is 1.16. The first kappa shape index (κ1) is 11.4. The molecule has 1 atom stereocenters. The molecule has 0 radical (unpaired) electrons. The molecule has 3 N–H and O–H groups in total. The molecule has 82 valence electrons. The van der Waals surface area contributed by atoms with Crippen LogP contribution in [0.1, 0.15) is 13.8 Å². The maximum atomic E-state index is 10.8. The van der Waals surface area contributed by atoms with Crippen molar-refractivity contribution in [3.8, 4) is 5.75 Å². The Morgan fingerprint density at radius 3 is 2.93 bits per heavy atom. The highest BCUT2D eigenvalue weighted by atomic mass is 16.5. The largest absolute Gasteiger partial charge is 0.494 e. The standard InChI is InChI=1S/C11H16N2O2/c1-3-15-10-6-4-5-9(7-10)13-8(2)11(12)14/h4-8,13H,3H2,1-2H3,(H2,12,14). The Morgan fingerprint density at radius 2 is 2.33 bits per heavy atom. The minimum atomic E-state index is -0.387. The van der Waals surface area contributed by atoms with Gasteiger partial charge in [-0.25, -0.2) is 0 Å². The predicted molar refractivity (Wildman–Crippen MR) is 59.9 cm³/mol. The van der Waals surface area contributed by atoms with Crippen molar-refractivity contribution in [1.82, 2.24) is 0 Å². The number of benzene rings is 1. The van der Waals surface area contributed by atoms with Crippen LogP contribution in [0.4, 0.5) is 5.69 Å². The minimum Gasteiger partial charge on any atom is -0.494 e. The lowest BCUT2D eigenvalue weighted by atomic mass is 10.2. The van der Waals surface area contributed by atoms with Gasteiger partial charge in [-0.3, -0.25) is 4.79 Å². The number of nitrogens with two attached hydrogens (primary N) is 1. The van der Waals surface area contributed by atoms with Crippen molar-refractivity contribution in [3.05, 3.63) is 24.3 Å². The average Bonchev–Trinajstić information content (AvgIpc) is 2.18. The van der Waals surface area contributed by atoms with Gasteiger partial charge in [0.25, 0.3) is 0 Å². The van der Waals surface area contributed by atoms with Crippen LogP contribution in [0.25, 0.3) is 0 Å². The third-order valence-corrected chi connectivity index (χ3v) is 1.95. The van der Waals surface area contributed by atoms with E-state index in [9.17, 15) is 4.79 Å². The van der Waals surface area contributed by atoms with Gasteiger partial charge in [0.1, 0.15) is 11.8 Å². The maximum absolute atomic E-state index is 10.8. The van der Waals surface area contributed by atoms with Crippen LogP contribution in [0.2, 0.25) is 0 Å². The van der Waals surface area contributed by atoms with Gasteiger partial charge in [-0.1, -0.05) is 6.07 Å². The smallest absolute Gasteiger partial charge is 0.239 e. The highest BCUT2D eigenvalue weighted by molar-refractivity contribution is 5.82. The third kappa shape index (κ3) is 3.50. The summed E-state index contributed by atoms with van der Waals surface area (Å²) in [5, 5.41) is 2.99. The molecule has 1 amide bonds. The van der Waals surface area contributed by atoms with E-state index >= 15 is 0 Å². The number of carbonyl (C=O) groups excluding carboxylic acids is 1. The van der Waals surface area contributed by atoms with Crippen LogP contribution in [0, 0.1) is 0 Å². The average molecular weight is 208 g/mol. The zero-order chi connectivity index (χ0) is 11.3. The lowest BCUT2D eigenvalue weighted by molar-refractivity contribution is -0.118. The number of ether oxygens (including phenoxy) is 1. The molecule has 1 rings (SSSR count). The van der Waals surface area contributed by atoms with E-state index in [1.54, 1.807) is 6.92 Å². The topological polar surface area (TPSA) is 64.3 Å². The van der Waals surface area contributed by atoms with Crippen molar-refractivity contribution in [3.63, 3.8) is 0 Å². The van der Waals surface area contributed by atoms with Crippen LogP contribution in [0.15, 0.2) is 24.3 Å². The SMILES string of the molecule is CCOc1cccc(NC(C)C(N)=O)c1. The van der Waals surface area contributed by atoms with Gasteiger partial charge in [-0.2, -0.15) is 0 Å². The molecule has 0 saturated heterocycles. The van der Waals surface area contributed by atoms with Crippen molar-refractivity contribution in [2.24, 2.45) is 5.73 Å². The second kappa shape index (κ2) is 5.24. The number of rotatable bonds is 5. The second-order valence-corrected chi connectivity index (χ2v) is 3.23. The molecule has 0 spiro atoms. The van der Waals surface area contributed by atoms with Crippen molar-refractivity contribution in [1.29, 1.82) is 0 Å². The molecule has 0 saturated carbocycles. The molecule has 1 unspecified atom stereocenters. The molecule has 0 bridgehead atoms. The van der Waals surface area contributed by atoms with Gasteiger partial charge in [0.15, 0.2) is 0 Å². The highest BCUT2D eigenvalue weighted by Gasteiger charge is 2.07. The summed E-state index contributed by atoms with van der Waals surface area (Å²) < 4.78 is 5.33. The molecule has 1 aromatic rings. The van der Waals surface area contributed by atoms with Crippen molar-refractivity contribution >= 4 is 11.6 Å². The van der Waals surface area contributed by atoms with Crippen molar-refractivity contribution < 1.29 is 9.53 Å². The molecule has 0 aliphatic carbocycles. The summed E-state index contributed by atoms with van der Waals surface area (Å²) >= 11 is 0. The number of amides is 1. The third-order valence-electron chi connectivity index (χ3n) is 1.95. The van der Waals surface area contributed by atoms with Gasteiger partial charge in [0, 0.05) is 11.8 Å². The molecule has 0 aliphatic heterocycles. The fraction of sp³-hybridized carbons (Fsp3) is 0.364. The summed E-state index contributed by atoms with van der Waals surface area (Å²) in [7, 11) is 0. The maximum Gasteiger partial charge on any atom is 0.239 e. The number of hydrogen-bond acceptors (Lipinski definition) is 3. The van der Waals surface area contributed by atoms with Crippen molar-refractivity contribution in [2.75, 3.05) is 11.9 Å². The van der Waals surface area contributed by atoms with E-state index in [0.717, 1.165) is 11.4 Å². The number of anilines is 1. The molecule has 1 aromatic carbocycles. The molecule has 15 heavy (non-hydrogen) atoms. The normalized spacial score (nSPS) is 11.9. The molecule has 0 heterocycles. The molecule has 0 aromatic heterocycles. The van der Waals surface area contributed by atoms with Crippen LogP contribution < -0.4 is 15.8 Å². The molecular formula is C11H16N2O2. The van der Waals surface area contributed by atoms with Crippen LogP contribution in [-0.2, 0) is 4.79 Å². The fourth-order valence-electron chi connectivity index (χ4n) is 1.16. The number of primary amides is 1. The first-order valence-corrected chi connectivity index (χ1v) is 4.92. The Kier molecular flexibility index (Phi) is 3.97. The van der Waals surface area contributed by atoms with Gasteiger partial charge < -0.3 is 15.8 Å². The van der Waals surface area contributed by atoms with Gasteiger partial charge in [-0.15, -0.1) is 0 Å². The highest BCUT2D eigenvalue weighted by Crippen LogP contribution is 2.17. The Hall–Kier alpha value is -1.71. The summed E-state index contributed by atoms with van der Waals surface area (Å²) in [6.07, 6.45) is 0. The molecule has 0 aliphatic rings. The van der Waals surface area contributed by atoms with E-state index in [1.165, 1.54) is 0 Å². The lowest BCUT2D eigenvalue weighted by Crippen LogP contribution is -2.32. The van der Waals surface area contributed by atoms with E-state index in [-0.39, 0.29) is 11.9 Å². The first-order chi connectivity index (χ1) is 7.13. The minimum absolute atomic E-state index is 0.378. The Labute approximate surface area is 89.4 Å². The molecule has 4 nitrogen and oxygen atoms in total. The van der Waals surface area contributed by atoms with Gasteiger partial charge in [-0.05, 0) is 26.0 Å². The second-order valence-electron chi connectivity index (χ2n) is 3.23. The van der Waals surface area contributed by atoms with E-state index in [1.807, 2.05) is 31.2 Å². The number of carbonyl (C=O) groups is 1. The number of hydrogen-bond donors (Lipinski definition) is 2. The molecular weight excluding hydrogens is 192 g/mol. The zero-order valence-corrected chi connectivity index (χ0v) is 8.99. The monoisotopic (exact) mass is 208 g/mol. The summed E-state index contributed by atoms with van der Waals surface area (Å²) in [5.41, 5.74) is 5.97.